The van der Waals surface area contributed by atoms with E-state index in [9.17, 15) is 9.59 Å². The van der Waals surface area contributed by atoms with Crippen molar-refractivity contribution in [2.75, 3.05) is 13.2 Å². The summed E-state index contributed by atoms with van der Waals surface area (Å²) in [6, 6.07) is 11.2. The third-order valence-electron chi connectivity index (χ3n) is 5.20. The fourth-order valence-corrected chi connectivity index (χ4v) is 3.82. The molecule has 28 heavy (non-hydrogen) atoms. The number of para-hydroxylation sites is 1. The highest BCUT2D eigenvalue weighted by Crippen LogP contribution is 2.26. The first-order chi connectivity index (χ1) is 13.6. The molecule has 1 aromatic carbocycles. The highest BCUT2D eigenvalue weighted by Gasteiger charge is 2.31. The van der Waals surface area contributed by atoms with Gasteiger partial charge in [-0.25, -0.2) is 4.98 Å². The SMILES string of the molecule is Cn1cc(C(=O)N2CCCC2COc2cccnc2C(N)=O)c2ccccc21. The van der Waals surface area contributed by atoms with E-state index in [1.165, 1.54) is 6.20 Å². The first-order valence-corrected chi connectivity index (χ1v) is 9.29. The van der Waals surface area contributed by atoms with Crippen LogP contribution in [-0.4, -0.2) is 45.5 Å². The number of aryl methyl sites for hydroxylation is 1. The number of primary amides is 1. The molecule has 0 saturated carbocycles. The van der Waals surface area contributed by atoms with Crippen molar-refractivity contribution in [2.45, 2.75) is 18.9 Å². The van der Waals surface area contributed by atoms with Crippen LogP contribution in [0.25, 0.3) is 10.9 Å². The summed E-state index contributed by atoms with van der Waals surface area (Å²) in [5.41, 5.74) is 7.19. The number of amides is 2. The zero-order valence-electron chi connectivity index (χ0n) is 15.7. The zero-order chi connectivity index (χ0) is 19.7. The van der Waals surface area contributed by atoms with Gasteiger partial charge in [-0.1, -0.05) is 18.2 Å². The van der Waals surface area contributed by atoms with Crippen molar-refractivity contribution in [3.63, 3.8) is 0 Å². The van der Waals surface area contributed by atoms with Gasteiger partial charge in [-0.05, 0) is 31.0 Å². The highest BCUT2D eigenvalue weighted by atomic mass is 16.5. The lowest BCUT2D eigenvalue weighted by atomic mass is 10.1. The Kier molecular flexibility index (Phi) is 4.73. The predicted molar refractivity (Wildman–Crippen MR) is 105 cm³/mol. The van der Waals surface area contributed by atoms with Gasteiger partial charge in [0.2, 0.25) is 0 Å². The normalized spacial score (nSPS) is 16.5. The van der Waals surface area contributed by atoms with Crippen molar-refractivity contribution < 1.29 is 14.3 Å². The van der Waals surface area contributed by atoms with E-state index >= 15 is 0 Å². The fraction of sp³-hybridized carbons (Fsp3) is 0.286. The number of fused-ring (bicyclic) bond motifs is 1. The standard InChI is InChI=1S/C21H22N4O3/c1-24-12-16(15-7-2-3-8-17(15)24)21(27)25-11-5-6-14(25)13-28-18-9-4-10-23-19(18)20(22)26/h2-4,7-10,12,14H,5-6,11,13H2,1H3,(H2,22,26). The lowest BCUT2D eigenvalue weighted by molar-refractivity contribution is 0.0691. The molecule has 1 saturated heterocycles. The summed E-state index contributed by atoms with van der Waals surface area (Å²) in [4.78, 5) is 30.6. The molecule has 1 unspecified atom stereocenters. The average molecular weight is 378 g/mol. The molecule has 0 aliphatic carbocycles. The van der Waals surface area contributed by atoms with E-state index in [0.717, 1.165) is 23.7 Å². The van der Waals surface area contributed by atoms with Gasteiger partial charge in [0.05, 0.1) is 11.6 Å². The van der Waals surface area contributed by atoms with Gasteiger partial charge in [-0.15, -0.1) is 0 Å². The molecule has 1 fully saturated rings. The van der Waals surface area contributed by atoms with Gasteiger partial charge in [-0.3, -0.25) is 9.59 Å². The number of nitrogens with two attached hydrogens (primary N) is 1. The van der Waals surface area contributed by atoms with E-state index in [4.69, 9.17) is 10.5 Å². The minimum atomic E-state index is -0.634. The van der Waals surface area contributed by atoms with Crippen LogP contribution in [0.4, 0.5) is 0 Å². The molecule has 3 heterocycles. The van der Waals surface area contributed by atoms with Gasteiger partial charge >= 0.3 is 0 Å². The van der Waals surface area contributed by atoms with Crippen molar-refractivity contribution in [1.29, 1.82) is 0 Å². The molecule has 3 aromatic rings. The predicted octanol–water partition coefficient (Wildman–Crippen LogP) is 2.36. The Morgan fingerprint density at radius 1 is 1.25 bits per heavy atom. The Morgan fingerprint density at radius 2 is 2.07 bits per heavy atom. The summed E-state index contributed by atoms with van der Waals surface area (Å²) in [5, 5.41) is 0.949. The minimum Gasteiger partial charge on any atom is -0.489 e. The summed E-state index contributed by atoms with van der Waals surface area (Å²) < 4.78 is 7.80. The molecule has 2 N–H and O–H groups in total. The second-order valence-corrected chi connectivity index (χ2v) is 6.99. The first kappa shape index (κ1) is 18.0. The fourth-order valence-electron chi connectivity index (χ4n) is 3.82. The summed E-state index contributed by atoms with van der Waals surface area (Å²) in [6.07, 6.45) is 5.15. The number of hydrogen-bond donors (Lipinski definition) is 1. The molecule has 1 aliphatic heterocycles. The summed E-state index contributed by atoms with van der Waals surface area (Å²) in [7, 11) is 1.94. The monoisotopic (exact) mass is 378 g/mol. The van der Waals surface area contributed by atoms with Crippen LogP contribution in [0.2, 0.25) is 0 Å². The van der Waals surface area contributed by atoms with Gasteiger partial charge in [0.1, 0.15) is 6.61 Å². The van der Waals surface area contributed by atoms with Crippen LogP contribution in [0, 0.1) is 0 Å². The Balaban J connectivity index is 1.54. The van der Waals surface area contributed by atoms with Crippen LogP contribution in [0.5, 0.6) is 5.75 Å². The number of hydrogen-bond acceptors (Lipinski definition) is 4. The number of likely N-dealkylation sites (tertiary alicyclic amines) is 1. The molecule has 144 valence electrons. The maximum Gasteiger partial charge on any atom is 0.271 e. The molecule has 2 amide bonds. The second-order valence-electron chi connectivity index (χ2n) is 6.99. The Hall–Kier alpha value is -3.35. The van der Waals surface area contributed by atoms with Gasteiger partial charge < -0.3 is 19.9 Å². The minimum absolute atomic E-state index is 0.00390. The van der Waals surface area contributed by atoms with Crippen molar-refractivity contribution in [1.82, 2.24) is 14.5 Å². The van der Waals surface area contributed by atoms with Crippen molar-refractivity contribution in [2.24, 2.45) is 12.8 Å². The van der Waals surface area contributed by atoms with Crippen molar-refractivity contribution in [3.05, 3.63) is 60.0 Å². The number of rotatable bonds is 5. The maximum absolute atomic E-state index is 13.2. The average Bonchev–Trinajstić information content (AvgIpc) is 3.31. The molecule has 7 nitrogen and oxygen atoms in total. The number of nitrogens with zero attached hydrogens (tertiary/aromatic N) is 3. The molecule has 1 aliphatic rings. The number of pyridine rings is 1. The van der Waals surface area contributed by atoms with E-state index < -0.39 is 5.91 Å². The third-order valence-corrected chi connectivity index (χ3v) is 5.20. The van der Waals surface area contributed by atoms with E-state index in [1.54, 1.807) is 12.1 Å². The van der Waals surface area contributed by atoms with E-state index in [0.29, 0.717) is 24.5 Å². The van der Waals surface area contributed by atoms with E-state index in [2.05, 4.69) is 4.98 Å². The number of carbonyl (C=O) groups is 2. The molecular weight excluding hydrogens is 356 g/mol. The van der Waals surface area contributed by atoms with Gasteiger partial charge in [0.25, 0.3) is 11.8 Å². The highest BCUT2D eigenvalue weighted by molar-refractivity contribution is 6.07. The molecule has 4 rings (SSSR count). The molecular formula is C21H22N4O3. The Labute approximate surface area is 162 Å². The number of aromatic nitrogens is 2. The lowest BCUT2D eigenvalue weighted by Gasteiger charge is -2.25. The summed E-state index contributed by atoms with van der Waals surface area (Å²) in [5.74, 6) is -0.283. The molecule has 1 atom stereocenters. The number of carbonyl (C=O) groups excluding carboxylic acids is 2. The molecule has 0 spiro atoms. The van der Waals surface area contributed by atoms with E-state index in [1.807, 2.05) is 47.0 Å². The van der Waals surface area contributed by atoms with Crippen LogP contribution < -0.4 is 10.5 Å². The quantitative estimate of drug-likeness (QED) is 0.738. The first-order valence-electron chi connectivity index (χ1n) is 9.29. The van der Waals surface area contributed by atoms with Crippen molar-refractivity contribution >= 4 is 22.7 Å². The van der Waals surface area contributed by atoms with Gasteiger partial charge in [0.15, 0.2) is 11.4 Å². The molecule has 7 heteroatoms. The summed E-state index contributed by atoms with van der Waals surface area (Å²) in [6.45, 7) is 0.980. The number of ether oxygens (including phenoxy) is 1. The van der Waals surface area contributed by atoms with Gasteiger partial charge in [0, 0.05) is 36.9 Å². The Bertz CT molecular complexity index is 1040. The second kappa shape index (κ2) is 7.34. The maximum atomic E-state index is 13.2. The molecule has 2 aromatic heterocycles. The lowest BCUT2D eigenvalue weighted by Crippen LogP contribution is -2.39. The van der Waals surface area contributed by atoms with Crippen LogP contribution in [-0.2, 0) is 7.05 Å². The summed E-state index contributed by atoms with van der Waals surface area (Å²) >= 11 is 0. The van der Waals surface area contributed by atoms with Crippen LogP contribution in [0.15, 0.2) is 48.8 Å². The van der Waals surface area contributed by atoms with Gasteiger partial charge in [-0.2, -0.15) is 0 Å². The van der Waals surface area contributed by atoms with E-state index in [-0.39, 0.29) is 17.6 Å². The zero-order valence-corrected chi connectivity index (χ0v) is 15.7. The van der Waals surface area contributed by atoms with Crippen molar-refractivity contribution in [3.8, 4) is 5.75 Å². The third kappa shape index (κ3) is 3.19. The smallest absolute Gasteiger partial charge is 0.271 e. The van der Waals surface area contributed by atoms with Crippen LogP contribution in [0.1, 0.15) is 33.7 Å². The molecule has 0 bridgehead atoms. The topological polar surface area (TPSA) is 90.4 Å². The largest absolute Gasteiger partial charge is 0.489 e. The number of benzene rings is 1. The van der Waals surface area contributed by atoms with Crippen LogP contribution in [0.3, 0.4) is 0 Å². The van der Waals surface area contributed by atoms with Crippen LogP contribution >= 0.6 is 0 Å². The molecule has 0 radical (unpaired) electrons. The Morgan fingerprint density at radius 3 is 2.89 bits per heavy atom.